The van der Waals surface area contributed by atoms with E-state index in [-0.39, 0.29) is 23.9 Å². The van der Waals surface area contributed by atoms with Gasteiger partial charge in [0.15, 0.2) is 11.5 Å². The Morgan fingerprint density at radius 2 is 1.51 bits per heavy atom. The Balaban J connectivity index is 0.000000183. The van der Waals surface area contributed by atoms with Crippen molar-refractivity contribution in [2.45, 2.75) is 63.2 Å². The minimum atomic E-state index is 0.0865. The Kier molecular flexibility index (Phi) is 11.0. The summed E-state index contributed by atoms with van der Waals surface area (Å²) in [4.78, 5) is 4.11. The number of aliphatic hydroxyl groups is 1. The molecular formula is C31H41N2O5V-. The van der Waals surface area contributed by atoms with E-state index >= 15 is 0 Å². The molecule has 211 valence electrons. The summed E-state index contributed by atoms with van der Waals surface area (Å²) in [5, 5.41) is 42.6. The second-order valence-electron chi connectivity index (χ2n) is 11.5. The number of rotatable bonds is 8. The minimum absolute atomic E-state index is 0.0865. The molecule has 4 aliphatic carbocycles. The van der Waals surface area contributed by atoms with Gasteiger partial charge in [-0.3, -0.25) is 4.99 Å². The van der Waals surface area contributed by atoms with E-state index in [0.717, 1.165) is 46.6 Å². The van der Waals surface area contributed by atoms with Crippen molar-refractivity contribution >= 4 is 6.21 Å². The first-order valence-electron chi connectivity index (χ1n) is 14.3. The molecular weight excluding hydrogens is 531 g/mol. The molecule has 2 aromatic rings. The Morgan fingerprint density at radius 1 is 0.846 bits per heavy atom. The predicted molar refractivity (Wildman–Crippen MR) is 148 cm³/mol. The maximum atomic E-state index is 10.4. The molecule has 0 aliphatic heterocycles. The molecule has 0 saturated heterocycles. The normalized spacial score (nSPS) is 28.2. The summed E-state index contributed by atoms with van der Waals surface area (Å²) in [6.07, 6.45) is 12.3. The second-order valence-corrected chi connectivity index (χ2v) is 11.5. The van der Waals surface area contributed by atoms with Crippen molar-refractivity contribution in [3.8, 4) is 17.2 Å². The monoisotopic (exact) mass is 572 g/mol. The van der Waals surface area contributed by atoms with Crippen molar-refractivity contribution in [3.63, 3.8) is 0 Å². The van der Waals surface area contributed by atoms with Crippen LogP contribution in [0.2, 0.25) is 0 Å². The number of fused-ring (bicyclic) bond motifs is 4. The zero-order valence-electron chi connectivity index (χ0n) is 22.5. The predicted octanol–water partition coefficient (Wildman–Crippen LogP) is 5.96. The van der Waals surface area contributed by atoms with Gasteiger partial charge in [-0.1, -0.05) is 31.0 Å². The summed E-state index contributed by atoms with van der Waals surface area (Å²) in [7, 11) is 0. The standard InChI is InChI=1S/C20H26O2.C11H15N2O2.O.V/c21-19-10-15(16-7-11-1-3-13(16)5-11)9-18(20(19)22)17-8-12-2-4-14(17)6-12;14-8-7-12-5-6-13-9-10-3-1-2-4-11(10)15;;/h9-14,16-17,21-22H,1-8H2;1-4,9,14-15H,5-8H2;;/q;-1;;. The molecule has 6 rings (SSSR count). The molecule has 4 fully saturated rings. The van der Waals surface area contributed by atoms with Gasteiger partial charge in [-0.15, -0.1) is 13.1 Å². The van der Waals surface area contributed by atoms with Crippen LogP contribution in [0.3, 0.4) is 0 Å². The fraction of sp³-hybridized carbons (Fsp3) is 0.581. The third-order valence-corrected chi connectivity index (χ3v) is 9.26. The van der Waals surface area contributed by atoms with E-state index in [9.17, 15) is 15.3 Å². The van der Waals surface area contributed by atoms with E-state index in [1.165, 1.54) is 56.9 Å². The van der Waals surface area contributed by atoms with Gasteiger partial charge in [-0.05, 0) is 97.8 Å². The number of phenolic OH excluding ortho intramolecular Hbond substituents is 3. The van der Waals surface area contributed by atoms with E-state index in [4.69, 9.17) is 8.78 Å². The van der Waals surface area contributed by atoms with Gasteiger partial charge in [0, 0.05) is 30.5 Å². The Hall–Kier alpha value is -2.19. The number of hydrogen-bond donors (Lipinski definition) is 4. The zero-order chi connectivity index (χ0) is 27.8. The number of nitrogens with zero attached hydrogens (tertiary/aromatic N) is 2. The average Bonchev–Trinajstić information content (AvgIpc) is 3.77. The van der Waals surface area contributed by atoms with E-state index < -0.39 is 0 Å². The van der Waals surface area contributed by atoms with E-state index in [2.05, 4.69) is 16.4 Å². The first-order chi connectivity index (χ1) is 19.0. The molecule has 2 aromatic carbocycles. The van der Waals surface area contributed by atoms with Gasteiger partial charge in [0.25, 0.3) is 0 Å². The quantitative estimate of drug-likeness (QED) is 0.177. The van der Waals surface area contributed by atoms with Crippen molar-refractivity contribution in [2.75, 3.05) is 26.2 Å². The number of benzene rings is 2. The first-order valence-corrected chi connectivity index (χ1v) is 14.9. The number of hydrogen-bond acceptors (Lipinski definition) is 6. The molecule has 8 heteroatoms. The van der Waals surface area contributed by atoms with E-state index in [0.29, 0.717) is 37.0 Å². The number of aliphatic hydroxyl groups excluding tert-OH is 1. The summed E-state index contributed by atoms with van der Waals surface area (Å²) < 4.78 is 8.19. The second kappa shape index (κ2) is 14.4. The topological polar surface area (TPSA) is 124 Å². The van der Waals surface area contributed by atoms with Gasteiger partial charge in [0.1, 0.15) is 5.75 Å². The Morgan fingerprint density at radius 3 is 2.10 bits per heavy atom. The van der Waals surface area contributed by atoms with Gasteiger partial charge in [0.2, 0.25) is 0 Å². The van der Waals surface area contributed by atoms with Crippen LogP contribution in [0.4, 0.5) is 0 Å². The van der Waals surface area contributed by atoms with E-state index in [1.54, 1.807) is 24.4 Å². The molecule has 4 saturated carbocycles. The van der Waals surface area contributed by atoms with Crippen molar-refractivity contribution in [2.24, 2.45) is 28.7 Å². The molecule has 0 heterocycles. The fourth-order valence-electron chi connectivity index (χ4n) is 7.51. The Bertz CT molecular complexity index is 1110. The Labute approximate surface area is 241 Å². The molecule has 6 unspecified atom stereocenters. The van der Waals surface area contributed by atoms with Crippen molar-refractivity contribution in [1.82, 2.24) is 0 Å². The number of aromatic hydroxyl groups is 3. The van der Waals surface area contributed by atoms with Gasteiger partial charge >= 0.3 is 21.0 Å². The van der Waals surface area contributed by atoms with Crippen LogP contribution in [0.15, 0.2) is 41.4 Å². The van der Waals surface area contributed by atoms with Crippen LogP contribution >= 0.6 is 0 Å². The van der Waals surface area contributed by atoms with Gasteiger partial charge < -0.3 is 25.7 Å². The average molecular weight is 573 g/mol. The molecule has 0 spiro atoms. The summed E-state index contributed by atoms with van der Waals surface area (Å²) in [5.74, 6) is 4.98. The third kappa shape index (κ3) is 7.32. The summed E-state index contributed by atoms with van der Waals surface area (Å²) >= 11 is 1.06. The summed E-state index contributed by atoms with van der Waals surface area (Å²) in [6.45, 7) is 1.73. The van der Waals surface area contributed by atoms with Crippen LogP contribution < -0.4 is 0 Å². The molecule has 6 atom stereocenters. The SMILES string of the molecule is OCC[N-]CCN=Cc1ccccc1O.Oc1cc(C2CC3CCC2C3)cc(C2CC3CCC2C3)c1O.[O]=[V]. The molecule has 0 radical (unpaired) electrons. The summed E-state index contributed by atoms with van der Waals surface area (Å²) in [5.41, 5.74) is 3.07. The number of para-hydroxylation sites is 1. The molecule has 39 heavy (non-hydrogen) atoms. The molecule has 4 aliphatic rings. The summed E-state index contributed by atoms with van der Waals surface area (Å²) in [6, 6.07) is 11.2. The molecule has 0 aromatic heterocycles. The zero-order valence-corrected chi connectivity index (χ0v) is 23.9. The maximum absolute atomic E-state index is 10.4. The van der Waals surface area contributed by atoms with Crippen molar-refractivity contribution in [1.29, 1.82) is 0 Å². The van der Waals surface area contributed by atoms with Crippen LogP contribution in [0, 0.1) is 23.7 Å². The van der Waals surface area contributed by atoms with Gasteiger partial charge in [-0.25, -0.2) is 0 Å². The van der Waals surface area contributed by atoms with Crippen LogP contribution in [0.5, 0.6) is 17.2 Å². The van der Waals surface area contributed by atoms with Crippen molar-refractivity contribution < 1.29 is 41.5 Å². The van der Waals surface area contributed by atoms with Crippen LogP contribution in [-0.2, 0) is 21.0 Å². The molecule has 7 nitrogen and oxygen atoms in total. The van der Waals surface area contributed by atoms with Crippen LogP contribution in [-0.4, -0.2) is 52.9 Å². The molecule has 4 N–H and O–H groups in total. The fourth-order valence-corrected chi connectivity index (χ4v) is 7.51. The molecule has 0 amide bonds. The number of phenols is 3. The first kappa shape index (κ1) is 29.8. The van der Waals surface area contributed by atoms with Crippen LogP contribution in [0.25, 0.3) is 5.32 Å². The van der Waals surface area contributed by atoms with E-state index in [1.807, 2.05) is 12.1 Å². The molecule has 4 bridgehead atoms. The van der Waals surface area contributed by atoms with Gasteiger partial charge in [-0.2, -0.15) is 0 Å². The van der Waals surface area contributed by atoms with Crippen LogP contribution in [0.1, 0.15) is 79.9 Å². The van der Waals surface area contributed by atoms with Gasteiger partial charge in [0.05, 0.1) is 0 Å². The third-order valence-electron chi connectivity index (χ3n) is 9.26. The van der Waals surface area contributed by atoms with Crippen molar-refractivity contribution in [3.05, 3.63) is 58.4 Å². The number of aliphatic imine (C=N–C) groups is 1.